The van der Waals surface area contributed by atoms with Gasteiger partial charge >= 0.3 is 0 Å². The van der Waals surface area contributed by atoms with Crippen LogP contribution in [0.2, 0.25) is 0 Å². The van der Waals surface area contributed by atoms with Crippen molar-refractivity contribution in [1.82, 2.24) is 0 Å². The van der Waals surface area contributed by atoms with E-state index in [9.17, 15) is 0 Å². The summed E-state index contributed by atoms with van der Waals surface area (Å²) in [5.74, 6) is 1.97. The lowest BCUT2D eigenvalue weighted by Crippen LogP contribution is -2.01. The predicted octanol–water partition coefficient (Wildman–Crippen LogP) is 4.30. The van der Waals surface area contributed by atoms with Crippen molar-refractivity contribution in [2.24, 2.45) is 5.92 Å². The molecule has 0 aromatic carbocycles. The van der Waals surface area contributed by atoms with Crippen LogP contribution >= 0.6 is 12.6 Å². The molecule has 0 heterocycles. The van der Waals surface area contributed by atoms with E-state index in [4.69, 9.17) is 0 Å². The Bertz CT molecular complexity index is 81.1. The summed E-state index contributed by atoms with van der Waals surface area (Å²) in [4.78, 5) is 0. The third kappa shape index (κ3) is 7.02. The van der Waals surface area contributed by atoms with E-state index in [2.05, 4.69) is 26.5 Å². The average molecular weight is 188 g/mol. The van der Waals surface area contributed by atoms with E-state index in [1.165, 1.54) is 44.9 Å². The SMILES string of the molecule is CCCCCCC(CS)CCC. The Kier molecular flexibility index (Phi) is 9.71. The van der Waals surface area contributed by atoms with Gasteiger partial charge in [0, 0.05) is 0 Å². The number of rotatable bonds is 8. The van der Waals surface area contributed by atoms with Crippen LogP contribution in [0, 0.1) is 5.92 Å². The van der Waals surface area contributed by atoms with Crippen molar-refractivity contribution < 1.29 is 0 Å². The Balaban J connectivity index is 3.19. The molecular formula is C11H24S. The fourth-order valence-corrected chi connectivity index (χ4v) is 1.96. The molecule has 0 saturated heterocycles. The minimum atomic E-state index is 0.884. The standard InChI is InChI=1S/C11H24S/c1-3-5-6-7-9-11(10-12)8-4-2/h11-12H,3-10H2,1-2H3. The molecule has 74 valence electrons. The molecule has 0 nitrogen and oxygen atoms in total. The van der Waals surface area contributed by atoms with Gasteiger partial charge in [-0.25, -0.2) is 0 Å². The molecule has 0 rings (SSSR count). The first-order valence-electron chi connectivity index (χ1n) is 5.46. The van der Waals surface area contributed by atoms with E-state index in [0.29, 0.717) is 0 Å². The monoisotopic (exact) mass is 188 g/mol. The van der Waals surface area contributed by atoms with E-state index < -0.39 is 0 Å². The van der Waals surface area contributed by atoms with E-state index >= 15 is 0 Å². The molecule has 0 aliphatic carbocycles. The van der Waals surface area contributed by atoms with Gasteiger partial charge in [0.25, 0.3) is 0 Å². The number of hydrogen-bond donors (Lipinski definition) is 1. The van der Waals surface area contributed by atoms with Crippen LogP contribution in [0.4, 0.5) is 0 Å². The van der Waals surface area contributed by atoms with Gasteiger partial charge < -0.3 is 0 Å². The molecule has 0 N–H and O–H groups in total. The quantitative estimate of drug-likeness (QED) is 0.426. The molecule has 0 aliphatic rings. The minimum absolute atomic E-state index is 0.884. The molecule has 0 aliphatic heterocycles. The van der Waals surface area contributed by atoms with Gasteiger partial charge in [0.15, 0.2) is 0 Å². The van der Waals surface area contributed by atoms with Crippen LogP contribution in [-0.4, -0.2) is 5.75 Å². The van der Waals surface area contributed by atoms with E-state index in [1.54, 1.807) is 0 Å². The van der Waals surface area contributed by atoms with Crippen LogP contribution in [0.15, 0.2) is 0 Å². The molecule has 0 spiro atoms. The predicted molar refractivity (Wildman–Crippen MR) is 61.0 cm³/mol. The van der Waals surface area contributed by atoms with Crippen LogP contribution in [0.1, 0.15) is 58.8 Å². The van der Waals surface area contributed by atoms with Gasteiger partial charge in [-0.3, -0.25) is 0 Å². The van der Waals surface area contributed by atoms with Crippen LogP contribution < -0.4 is 0 Å². The van der Waals surface area contributed by atoms with Gasteiger partial charge in [0.05, 0.1) is 0 Å². The molecule has 1 heteroatoms. The van der Waals surface area contributed by atoms with Crippen LogP contribution in [-0.2, 0) is 0 Å². The van der Waals surface area contributed by atoms with E-state index in [1.807, 2.05) is 0 Å². The Labute approximate surface area is 83.5 Å². The van der Waals surface area contributed by atoms with Crippen molar-refractivity contribution in [1.29, 1.82) is 0 Å². The molecule has 0 amide bonds. The lowest BCUT2D eigenvalue weighted by Gasteiger charge is -2.12. The van der Waals surface area contributed by atoms with Crippen molar-refractivity contribution in [2.45, 2.75) is 58.8 Å². The highest BCUT2D eigenvalue weighted by Gasteiger charge is 2.03. The Morgan fingerprint density at radius 3 is 2.17 bits per heavy atom. The average Bonchev–Trinajstić information content (AvgIpc) is 2.10. The molecule has 0 radical (unpaired) electrons. The maximum absolute atomic E-state index is 4.37. The Hall–Kier alpha value is 0.350. The topological polar surface area (TPSA) is 0 Å². The highest BCUT2D eigenvalue weighted by Crippen LogP contribution is 2.17. The summed E-state index contributed by atoms with van der Waals surface area (Å²) in [5, 5.41) is 0. The van der Waals surface area contributed by atoms with Gasteiger partial charge in [0.2, 0.25) is 0 Å². The van der Waals surface area contributed by atoms with Crippen molar-refractivity contribution in [3.8, 4) is 0 Å². The van der Waals surface area contributed by atoms with Crippen LogP contribution in [0.3, 0.4) is 0 Å². The number of thiol groups is 1. The van der Waals surface area contributed by atoms with Crippen molar-refractivity contribution in [3.05, 3.63) is 0 Å². The second-order valence-corrected chi connectivity index (χ2v) is 4.05. The normalized spacial score (nSPS) is 13.2. The summed E-state index contributed by atoms with van der Waals surface area (Å²) in [6.45, 7) is 4.53. The summed E-state index contributed by atoms with van der Waals surface area (Å²) >= 11 is 4.37. The fraction of sp³-hybridized carbons (Fsp3) is 1.00. The van der Waals surface area contributed by atoms with Crippen molar-refractivity contribution in [3.63, 3.8) is 0 Å². The summed E-state index contributed by atoms with van der Waals surface area (Å²) in [6, 6.07) is 0. The molecule has 1 unspecified atom stereocenters. The first kappa shape index (κ1) is 12.3. The van der Waals surface area contributed by atoms with Crippen molar-refractivity contribution >= 4 is 12.6 Å². The first-order chi connectivity index (χ1) is 5.85. The Morgan fingerprint density at radius 2 is 1.67 bits per heavy atom. The van der Waals surface area contributed by atoms with Gasteiger partial charge in [-0.15, -0.1) is 0 Å². The highest BCUT2D eigenvalue weighted by atomic mass is 32.1. The van der Waals surface area contributed by atoms with Crippen LogP contribution in [0.25, 0.3) is 0 Å². The lowest BCUT2D eigenvalue weighted by molar-refractivity contribution is 0.463. The zero-order valence-corrected chi connectivity index (χ0v) is 9.58. The van der Waals surface area contributed by atoms with Crippen molar-refractivity contribution in [2.75, 3.05) is 5.75 Å². The zero-order chi connectivity index (χ0) is 9.23. The van der Waals surface area contributed by atoms with E-state index in [-0.39, 0.29) is 0 Å². The summed E-state index contributed by atoms with van der Waals surface area (Å²) in [7, 11) is 0. The second kappa shape index (κ2) is 9.44. The van der Waals surface area contributed by atoms with Gasteiger partial charge in [-0.05, 0) is 24.5 Å². The van der Waals surface area contributed by atoms with Gasteiger partial charge in [-0.1, -0.05) is 46.0 Å². The summed E-state index contributed by atoms with van der Waals surface area (Å²) in [6.07, 6.45) is 9.68. The highest BCUT2D eigenvalue weighted by molar-refractivity contribution is 7.80. The molecule has 0 saturated carbocycles. The summed E-state index contributed by atoms with van der Waals surface area (Å²) < 4.78 is 0. The molecule has 0 fully saturated rings. The first-order valence-corrected chi connectivity index (χ1v) is 6.09. The van der Waals surface area contributed by atoms with E-state index in [0.717, 1.165) is 11.7 Å². The molecule has 0 aromatic rings. The molecule has 0 bridgehead atoms. The molecule has 12 heavy (non-hydrogen) atoms. The van der Waals surface area contributed by atoms with Gasteiger partial charge in [0.1, 0.15) is 0 Å². The molecule has 1 atom stereocenters. The number of hydrogen-bond acceptors (Lipinski definition) is 1. The smallest absolute Gasteiger partial charge is 0.00695 e. The summed E-state index contributed by atoms with van der Waals surface area (Å²) in [5.41, 5.74) is 0. The third-order valence-corrected chi connectivity index (χ3v) is 2.94. The Morgan fingerprint density at radius 1 is 0.917 bits per heavy atom. The lowest BCUT2D eigenvalue weighted by atomic mass is 9.98. The van der Waals surface area contributed by atoms with Gasteiger partial charge in [-0.2, -0.15) is 12.6 Å². The maximum atomic E-state index is 4.37. The second-order valence-electron chi connectivity index (χ2n) is 3.69. The number of unbranched alkanes of at least 4 members (excludes halogenated alkanes) is 3. The molecular weight excluding hydrogens is 164 g/mol. The maximum Gasteiger partial charge on any atom is -0.00695 e. The fourth-order valence-electron chi connectivity index (χ4n) is 1.59. The molecule has 0 aromatic heterocycles. The largest absolute Gasteiger partial charge is 0.179 e. The van der Waals surface area contributed by atoms with Crippen LogP contribution in [0.5, 0.6) is 0 Å². The third-order valence-electron chi connectivity index (χ3n) is 2.42. The zero-order valence-electron chi connectivity index (χ0n) is 8.68. The minimum Gasteiger partial charge on any atom is -0.179 e.